The molecule has 1 aliphatic rings. The summed E-state index contributed by atoms with van der Waals surface area (Å²) in [5.74, 6) is -0.0657. The fourth-order valence-electron chi connectivity index (χ4n) is 4.27. The van der Waals surface area contributed by atoms with Crippen LogP contribution in [0.15, 0.2) is 58.8 Å². The Morgan fingerprint density at radius 3 is 2.73 bits per heavy atom. The van der Waals surface area contributed by atoms with Crippen LogP contribution in [0.2, 0.25) is 0 Å². The molecule has 1 saturated heterocycles. The summed E-state index contributed by atoms with van der Waals surface area (Å²) in [7, 11) is 0. The van der Waals surface area contributed by atoms with E-state index in [4.69, 9.17) is 0 Å². The Labute approximate surface area is 176 Å². The molecule has 0 aliphatic carbocycles. The van der Waals surface area contributed by atoms with E-state index in [9.17, 15) is 19.8 Å². The highest BCUT2D eigenvalue weighted by Crippen LogP contribution is 2.31. The first-order valence-corrected chi connectivity index (χ1v) is 10.7. The molecular weight excluding hydrogens is 400 g/mol. The number of amides is 1. The summed E-state index contributed by atoms with van der Waals surface area (Å²) in [6.07, 6.45) is 3.33. The minimum absolute atomic E-state index is 0.0737. The first kappa shape index (κ1) is 18.8. The lowest BCUT2D eigenvalue weighted by Gasteiger charge is -2.24. The number of hydrogen-bond donors (Lipinski definition) is 2. The Bertz CT molecular complexity index is 1320. The molecule has 0 saturated carbocycles. The van der Waals surface area contributed by atoms with E-state index in [1.54, 1.807) is 29.3 Å². The molecule has 2 N–H and O–H groups in total. The predicted molar refractivity (Wildman–Crippen MR) is 117 cm³/mol. The maximum Gasteiger partial charge on any atom is 0.263 e. The topological polar surface area (TPSA) is 82.2 Å². The van der Waals surface area contributed by atoms with Gasteiger partial charge in [0.1, 0.15) is 5.75 Å². The van der Waals surface area contributed by atoms with Gasteiger partial charge in [0.05, 0.1) is 28.4 Å². The molecule has 6 nitrogen and oxygen atoms in total. The number of rotatable bonds is 3. The Hall–Kier alpha value is -3.16. The van der Waals surface area contributed by atoms with Gasteiger partial charge in [-0.3, -0.25) is 14.0 Å². The van der Waals surface area contributed by atoms with Crippen LogP contribution in [0.1, 0.15) is 23.2 Å². The number of carbonyl (C=O) groups is 1. The van der Waals surface area contributed by atoms with Gasteiger partial charge in [0.15, 0.2) is 0 Å². The third-order valence-electron chi connectivity index (χ3n) is 5.81. The largest absolute Gasteiger partial charge is 0.508 e. The average Bonchev–Trinajstić information content (AvgIpc) is 3.43. The van der Waals surface area contributed by atoms with Crippen molar-refractivity contribution in [3.63, 3.8) is 0 Å². The van der Waals surface area contributed by atoms with Crippen molar-refractivity contribution in [2.45, 2.75) is 18.9 Å². The van der Waals surface area contributed by atoms with E-state index in [2.05, 4.69) is 0 Å². The summed E-state index contributed by atoms with van der Waals surface area (Å²) < 4.78 is 2.42. The van der Waals surface area contributed by atoms with E-state index in [1.165, 1.54) is 27.9 Å². The van der Waals surface area contributed by atoms with Gasteiger partial charge in [-0.2, -0.15) is 0 Å². The van der Waals surface area contributed by atoms with Gasteiger partial charge in [-0.15, -0.1) is 11.3 Å². The molecule has 5 rings (SSSR count). The van der Waals surface area contributed by atoms with Crippen molar-refractivity contribution in [1.29, 1.82) is 0 Å². The number of phenolic OH excluding ortho intramolecular Hbond substituents is 1. The quantitative estimate of drug-likeness (QED) is 0.532. The third-order valence-corrected chi connectivity index (χ3v) is 6.74. The van der Waals surface area contributed by atoms with Crippen LogP contribution in [-0.2, 0) is 0 Å². The molecule has 1 atom stereocenters. The number of hydrogen-bond acceptors (Lipinski definition) is 5. The minimum Gasteiger partial charge on any atom is -0.508 e. The Morgan fingerprint density at radius 2 is 1.97 bits per heavy atom. The van der Waals surface area contributed by atoms with Gasteiger partial charge in [-0.25, -0.2) is 0 Å². The third kappa shape index (κ3) is 2.89. The molecule has 0 radical (unpaired) electrons. The summed E-state index contributed by atoms with van der Waals surface area (Å²) in [5, 5.41) is 22.3. The number of aromatic nitrogens is 1. The number of pyridine rings is 2. The molecule has 152 valence electrons. The number of fused-ring (bicyclic) bond motifs is 3. The number of aliphatic hydroxyl groups is 1. The van der Waals surface area contributed by atoms with E-state index >= 15 is 0 Å². The zero-order valence-corrected chi connectivity index (χ0v) is 16.9. The van der Waals surface area contributed by atoms with Gasteiger partial charge in [-0.05, 0) is 59.5 Å². The maximum absolute atomic E-state index is 13.6. The SMILES string of the molecule is O=C(c1cc(-c2ccc(O)cc2)c(=O)n2ccc3ccsc3c12)N1CCC[C@@H]1CO. The number of benzene rings is 1. The highest BCUT2D eigenvalue weighted by atomic mass is 32.1. The summed E-state index contributed by atoms with van der Waals surface area (Å²) >= 11 is 1.50. The van der Waals surface area contributed by atoms with Gasteiger partial charge < -0.3 is 15.1 Å². The maximum atomic E-state index is 13.6. The van der Waals surface area contributed by atoms with Gasteiger partial charge >= 0.3 is 0 Å². The summed E-state index contributed by atoms with van der Waals surface area (Å²) in [6.45, 7) is 0.514. The normalized spacial score (nSPS) is 16.6. The molecule has 1 aromatic carbocycles. The lowest BCUT2D eigenvalue weighted by atomic mass is 10.0. The predicted octanol–water partition coefficient (Wildman–Crippen LogP) is 3.48. The monoisotopic (exact) mass is 420 g/mol. The van der Waals surface area contributed by atoms with Crippen molar-refractivity contribution < 1.29 is 15.0 Å². The average molecular weight is 420 g/mol. The van der Waals surface area contributed by atoms with E-state index in [-0.39, 0.29) is 29.9 Å². The van der Waals surface area contributed by atoms with Crippen LogP contribution in [0, 0.1) is 0 Å². The lowest BCUT2D eigenvalue weighted by molar-refractivity contribution is 0.0679. The molecule has 0 bridgehead atoms. The molecule has 7 heteroatoms. The molecule has 1 fully saturated rings. The van der Waals surface area contributed by atoms with E-state index in [0.717, 1.165) is 22.9 Å². The standard InChI is InChI=1S/C23H20N2O4S/c26-13-16-2-1-9-24(16)23(29)19-12-18(14-3-5-17(27)6-4-14)22(28)25-10-7-15-8-11-30-21(15)20(19)25/h3-8,10-12,16,26-27H,1-2,9,13H2/t16-/m1/s1. The number of phenols is 1. The second kappa shape index (κ2) is 7.27. The smallest absolute Gasteiger partial charge is 0.263 e. The molecule has 3 aromatic heterocycles. The molecule has 0 spiro atoms. The zero-order chi connectivity index (χ0) is 20.8. The molecule has 30 heavy (non-hydrogen) atoms. The number of aliphatic hydroxyl groups excluding tert-OH is 1. The molecule has 4 aromatic rings. The van der Waals surface area contributed by atoms with Crippen molar-refractivity contribution in [1.82, 2.24) is 9.30 Å². The van der Waals surface area contributed by atoms with Crippen LogP contribution in [0.4, 0.5) is 0 Å². The number of carbonyl (C=O) groups excluding carboxylic acids is 1. The highest BCUT2D eigenvalue weighted by molar-refractivity contribution is 7.18. The number of thiophene rings is 1. The van der Waals surface area contributed by atoms with E-state index < -0.39 is 0 Å². The van der Waals surface area contributed by atoms with Crippen molar-refractivity contribution in [2.24, 2.45) is 0 Å². The van der Waals surface area contributed by atoms with Crippen molar-refractivity contribution in [3.05, 3.63) is 70.0 Å². The van der Waals surface area contributed by atoms with Crippen molar-refractivity contribution >= 4 is 32.8 Å². The number of likely N-dealkylation sites (tertiary alicyclic amines) is 1. The molecular formula is C23H20N2O4S. The van der Waals surface area contributed by atoms with Gasteiger partial charge in [-0.1, -0.05) is 12.1 Å². The molecule has 0 unspecified atom stereocenters. The van der Waals surface area contributed by atoms with Gasteiger partial charge in [0, 0.05) is 18.3 Å². The van der Waals surface area contributed by atoms with E-state index in [0.29, 0.717) is 28.8 Å². The van der Waals surface area contributed by atoms with Crippen LogP contribution >= 0.6 is 11.3 Å². The lowest BCUT2D eigenvalue weighted by Crippen LogP contribution is -2.38. The second-order valence-corrected chi connectivity index (χ2v) is 8.46. The van der Waals surface area contributed by atoms with Crippen LogP contribution in [0.25, 0.3) is 26.7 Å². The fourth-order valence-corrected chi connectivity index (χ4v) is 5.21. The Balaban J connectivity index is 1.81. The second-order valence-electron chi connectivity index (χ2n) is 7.54. The van der Waals surface area contributed by atoms with Crippen LogP contribution < -0.4 is 5.56 Å². The Morgan fingerprint density at radius 1 is 1.17 bits per heavy atom. The number of aromatic hydroxyl groups is 1. The van der Waals surface area contributed by atoms with Crippen LogP contribution in [0.3, 0.4) is 0 Å². The number of nitrogens with zero attached hydrogens (tertiary/aromatic N) is 2. The summed E-state index contributed by atoms with van der Waals surface area (Å²) in [6, 6.07) is 11.7. The highest BCUT2D eigenvalue weighted by Gasteiger charge is 2.31. The minimum atomic E-state index is -0.220. The molecule has 1 aliphatic heterocycles. The van der Waals surface area contributed by atoms with Gasteiger partial charge in [0.25, 0.3) is 11.5 Å². The first-order chi connectivity index (χ1) is 14.6. The fraction of sp³-hybridized carbons (Fsp3) is 0.217. The van der Waals surface area contributed by atoms with Crippen molar-refractivity contribution in [3.8, 4) is 16.9 Å². The first-order valence-electron chi connectivity index (χ1n) is 9.85. The molecule has 1 amide bonds. The zero-order valence-electron chi connectivity index (χ0n) is 16.1. The van der Waals surface area contributed by atoms with Crippen LogP contribution in [-0.4, -0.2) is 44.6 Å². The van der Waals surface area contributed by atoms with Gasteiger partial charge in [0.2, 0.25) is 0 Å². The Kier molecular flexibility index (Phi) is 4.56. The van der Waals surface area contributed by atoms with E-state index in [1.807, 2.05) is 17.5 Å². The summed E-state index contributed by atoms with van der Waals surface area (Å²) in [5.41, 5.74) is 1.86. The van der Waals surface area contributed by atoms with Crippen LogP contribution in [0.5, 0.6) is 5.75 Å². The summed E-state index contributed by atoms with van der Waals surface area (Å²) in [4.78, 5) is 28.7. The van der Waals surface area contributed by atoms with Crippen molar-refractivity contribution in [2.75, 3.05) is 13.2 Å². The molecule has 4 heterocycles.